The first-order valence-corrected chi connectivity index (χ1v) is 6.90. The summed E-state index contributed by atoms with van der Waals surface area (Å²) in [5, 5.41) is 11.8. The summed E-state index contributed by atoms with van der Waals surface area (Å²) in [6, 6.07) is 5.11. The molecule has 0 bridgehead atoms. The molecule has 1 aromatic rings. The van der Waals surface area contributed by atoms with Gasteiger partial charge in [0.2, 0.25) is 5.91 Å². The second kappa shape index (κ2) is 4.87. The number of amides is 2. The number of hydrogen-bond acceptors (Lipinski definition) is 3. The van der Waals surface area contributed by atoms with Crippen LogP contribution in [-0.4, -0.2) is 40.9 Å². The lowest BCUT2D eigenvalue weighted by atomic mass is 9.99. The van der Waals surface area contributed by atoms with E-state index in [1.54, 1.807) is 23.1 Å². The Hall–Kier alpha value is -2.37. The molecule has 3 rings (SSSR count). The molecule has 2 amide bonds. The minimum atomic E-state index is -0.860. The Labute approximate surface area is 121 Å². The fraction of sp³-hybridized carbons (Fsp3) is 0.400. The Bertz CT molecular complexity index is 641. The zero-order valence-electron chi connectivity index (χ0n) is 11.6. The number of benzene rings is 1. The van der Waals surface area contributed by atoms with Crippen LogP contribution in [0.25, 0.3) is 0 Å². The van der Waals surface area contributed by atoms with Crippen molar-refractivity contribution in [2.75, 3.05) is 18.4 Å². The second-order valence-electron chi connectivity index (χ2n) is 5.73. The van der Waals surface area contributed by atoms with Gasteiger partial charge < -0.3 is 15.3 Å². The molecule has 110 valence electrons. The Morgan fingerprint density at radius 1 is 1.33 bits per heavy atom. The number of fused-ring (bicyclic) bond motifs is 1. The summed E-state index contributed by atoms with van der Waals surface area (Å²) in [5.74, 6) is -1.67. The maximum atomic E-state index is 12.5. The second-order valence-corrected chi connectivity index (χ2v) is 5.73. The van der Waals surface area contributed by atoms with Gasteiger partial charge in [-0.05, 0) is 29.7 Å². The summed E-state index contributed by atoms with van der Waals surface area (Å²) in [6.45, 7) is 2.53. The van der Waals surface area contributed by atoms with Gasteiger partial charge in [-0.1, -0.05) is 6.92 Å². The van der Waals surface area contributed by atoms with Crippen LogP contribution >= 0.6 is 0 Å². The molecule has 2 aliphatic heterocycles. The largest absolute Gasteiger partial charge is 0.481 e. The predicted molar refractivity (Wildman–Crippen MR) is 75.0 cm³/mol. The lowest BCUT2D eigenvalue weighted by molar-refractivity contribution is -0.142. The number of rotatable bonds is 2. The first-order chi connectivity index (χ1) is 9.95. The number of carbonyl (C=O) groups is 3. The van der Waals surface area contributed by atoms with Crippen molar-refractivity contribution in [1.29, 1.82) is 0 Å². The van der Waals surface area contributed by atoms with Gasteiger partial charge in [0.15, 0.2) is 0 Å². The number of likely N-dealkylation sites (tertiary alicyclic amines) is 1. The van der Waals surface area contributed by atoms with Crippen LogP contribution in [0, 0.1) is 11.8 Å². The molecule has 0 aromatic heterocycles. The van der Waals surface area contributed by atoms with Crippen molar-refractivity contribution in [1.82, 2.24) is 4.90 Å². The van der Waals surface area contributed by atoms with Crippen molar-refractivity contribution < 1.29 is 19.5 Å². The number of carboxylic acid groups (broad SMARTS) is 1. The molecular formula is C15H16N2O4. The molecule has 2 heterocycles. The van der Waals surface area contributed by atoms with Crippen molar-refractivity contribution in [2.24, 2.45) is 11.8 Å². The number of carbonyl (C=O) groups excluding carboxylic acids is 2. The normalized spacial score (nSPS) is 23.9. The SMILES string of the molecule is CC1CN(C(=O)c2ccc3c(c2)CC(=O)N3)CC1C(=O)O. The first-order valence-electron chi connectivity index (χ1n) is 6.90. The van der Waals surface area contributed by atoms with Crippen LogP contribution in [0.2, 0.25) is 0 Å². The highest BCUT2D eigenvalue weighted by atomic mass is 16.4. The number of nitrogens with one attached hydrogen (secondary N) is 1. The summed E-state index contributed by atoms with van der Waals surface area (Å²) in [6.07, 6.45) is 0.282. The van der Waals surface area contributed by atoms with Gasteiger partial charge in [-0.25, -0.2) is 0 Å². The van der Waals surface area contributed by atoms with Crippen molar-refractivity contribution >= 4 is 23.5 Å². The van der Waals surface area contributed by atoms with E-state index in [0.717, 1.165) is 11.3 Å². The Morgan fingerprint density at radius 3 is 2.76 bits per heavy atom. The van der Waals surface area contributed by atoms with E-state index < -0.39 is 11.9 Å². The molecule has 1 aromatic carbocycles. The van der Waals surface area contributed by atoms with Crippen LogP contribution in [0.15, 0.2) is 18.2 Å². The molecular weight excluding hydrogens is 272 g/mol. The molecule has 2 N–H and O–H groups in total. The molecule has 0 spiro atoms. The molecule has 0 saturated carbocycles. The van der Waals surface area contributed by atoms with Crippen molar-refractivity contribution in [3.63, 3.8) is 0 Å². The topological polar surface area (TPSA) is 86.7 Å². The van der Waals surface area contributed by atoms with Crippen LogP contribution in [0.3, 0.4) is 0 Å². The van der Waals surface area contributed by atoms with Crippen molar-refractivity contribution in [3.8, 4) is 0 Å². The van der Waals surface area contributed by atoms with E-state index in [1.807, 2.05) is 6.92 Å². The number of hydrogen-bond donors (Lipinski definition) is 2. The van der Waals surface area contributed by atoms with Gasteiger partial charge in [0.1, 0.15) is 0 Å². The van der Waals surface area contributed by atoms with Gasteiger partial charge in [0, 0.05) is 24.3 Å². The van der Waals surface area contributed by atoms with E-state index in [2.05, 4.69) is 5.32 Å². The Balaban J connectivity index is 1.79. The van der Waals surface area contributed by atoms with Gasteiger partial charge >= 0.3 is 5.97 Å². The third kappa shape index (κ3) is 2.37. The van der Waals surface area contributed by atoms with E-state index in [0.29, 0.717) is 12.1 Å². The number of anilines is 1. The summed E-state index contributed by atoms with van der Waals surface area (Å²) in [5.41, 5.74) is 2.06. The molecule has 0 aliphatic carbocycles. The monoisotopic (exact) mass is 288 g/mol. The Kier molecular flexibility index (Phi) is 3.16. The lowest BCUT2D eigenvalue weighted by Crippen LogP contribution is -2.30. The highest BCUT2D eigenvalue weighted by Crippen LogP contribution is 2.27. The fourth-order valence-electron chi connectivity index (χ4n) is 3.00. The average Bonchev–Trinajstić information content (AvgIpc) is 2.98. The predicted octanol–water partition coefficient (Wildman–Crippen LogP) is 0.974. The molecule has 0 radical (unpaired) electrons. The van der Waals surface area contributed by atoms with E-state index in [-0.39, 0.29) is 30.7 Å². The van der Waals surface area contributed by atoms with Gasteiger partial charge in [0.25, 0.3) is 5.91 Å². The zero-order valence-corrected chi connectivity index (χ0v) is 11.6. The van der Waals surface area contributed by atoms with Crippen LogP contribution in [0.5, 0.6) is 0 Å². The molecule has 6 heteroatoms. The zero-order chi connectivity index (χ0) is 15.1. The molecule has 6 nitrogen and oxygen atoms in total. The quantitative estimate of drug-likeness (QED) is 0.849. The number of aliphatic carboxylic acids is 1. The van der Waals surface area contributed by atoms with Gasteiger partial charge in [0.05, 0.1) is 12.3 Å². The highest BCUT2D eigenvalue weighted by Gasteiger charge is 2.37. The van der Waals surface area contributed by atoms with Gasteiger partial charge in [-0.15, -0.1) is 0 Å². The van der Waals surface area contributed by atoms with Crippen molar-refractivity contribution in [2.45, 2.75) is 13.3 Å². The first kappa shape index (κ1) is 13.6. The number of carboxylic acids is 1. The van der Waals surface area contributed by atoms with Crippen LogP contribution in [0.1, 0.15) is 22.8 Å². The fourth-order valence-corrected chi connectivity index (χ4v) is 3.00. The molecule has 2 atom stereocenters. The summed E-state index contributed by atoms with van der Waals surface area (Å²) < 4.78 is 0. The maximum absolute atomic E-state index is 12.5. The number of nitrogens with zero attached hydrogens (tertiary/aromatic N) is 1. The van der Waals surface area contributed by atoms with Crippen LogP contribution in [-0.2, 0) is 16.0 Å². The maximum Gasteiger partial charge on any atom is 0.308 e. The molecule has 21 heavy (non-hydrogen) atoms. The molecule has 2 unspecified atom stereocenters. The summed E-state index contributed by atoms with van der Waals surface area (Å²) in [7, 11) is 0. The van der Waals surface area contributed by atoms with Crippen molar-refractivity contribution in [3.05, 3.63) is 29.3 Å². The summed E-state index contributed by atoms with van der Waals surface area (Å²) in [4.78, 5) is 36.5. The Morgan fingerprint density at radius 2 is 2.10 bits per heavy atom. The van der Waals surface area contributed by atoms with Crippen LogP contribution in [0.4, 0.5) is 5.69 Å². The lowest BCUT2D eigenvalue weighted by Gasteiger charge is -2.16. The summed E-state index contributed by atoms with van der Waals surface area (Å²) >= 11 is 0. The minimum Gasteiger partial charge on any atom is -0.481 e. The van der Waals surface area contributed by atoms with E-state index in [4.69, 9.17) is 5.11 Å². The average molecular weight is 288 g/mol. The standard InChI is InChI=1S/C15H16N2O4/c1-8-6-17(7-11(8)15(20)21)14(19)9-2-3-12-10(4-9)5-13(18)16-12/h2-4,8,11H,5-7H2,1H3,(H,16,18)(H,20,21). The molecule has 2 aliphatic rings. The van der Waals surface area contributed by atoms with E-state index in [9.17, 15) is 14.4 Å². The smallest absolute Gasteiger partial charge is 0.308 e. The molecule has 1 fully saturated rings. The van der Waals surface area contributed by atoms with Gasteiger partial charge in [-0.3, -0.25) is 14.4 Å². The van der Waals surface area contributed by atoms with Gasteiger partial charge in [-0.2, -0.15) is 0 Å². The highest BCUT2D eigenvalue weighted by molar-refractivity contribution is 6.01. The minimum absolute atomic E-state index is 0.0517. The third-order valence-electron chi connectivity index (χ3n) is 4.19. The van der Waals surface area contributed by atoms with E-state index >= 15 is 0 Å². The molecule has 1 saturated heterocycles. The third-order valence-corrected chi connectivity index (χ3v) is 4.19. The van der Waals surface area contributed by atoms with E-state index in [1.165, 1.54) is 0 Å². The van der Waals surface area contributed by atoms with Crippen LogP contribution < -0.4 is 5.32 Å².